The summed E-state index contributed by atoms with van der Waals surface area (Å²) in [5.41, 5.74) is 4.47. The van der Waals surface area contributed by atoms with Gasteiger partial charge in [0.1, 0.15) is 0 Å². The summed E-state index contributed by atoms with van der Waals surface area (Å²) in [6.07, 6.45) is 3.46. The first-order valence-corrected chi connectivity index (χ1v) is 8.47. The Morgan fingerprint density at radius 3 is 2.55 bits per heavy atom. The maximum Gasteiger partial charge on any atom is 0.0480 e. The molecule has 2 heterocycles. The summed E-state index contributed by atoms with van der Waals surface area (Å²) in [5.74, 6) is 0. The van der Waals surface area contributed by atoms with Gasteiger partial charge in [0.2, 0.25) is 0 Å². The van der Waals surface area contributed by atoms with Crippen LogP contribution in [0.2, 0.25) is 0 Å². The van der Waals surface area contributed by atoms with Crippen molar-refractivity contribution >= 4 is 10.9 Å². The number of hydrogen-bond donors (Lipinski definition) is 1. The minimum Gasteiger partial charge on any atom is -0.350 e. The average Bonchev–Trinajstić information content (AvgIpc) is 2.81. The summed E-state index contributed by atoms with van der Waals surface area (Å²) >= 11 is 0. The van der Waals surface area contributed by atoms with Gasteiger partial charge in [-0.25, -0.2) is 0 Å². The standard InChI is InChI=1S/C19H29N3/c1-19(2,3)16-5-6-18-17(13-16)15(14-21(18)4)7-10-22-11-8-20-9-12-22/h5-6,13-14,20H,7-12H2,1-4H3. The third-order valence-corrected chi connectivity index (χ3v) is 4.84. The Morgan fingerprint density at radius 2 is 1.86 bits per heavy atom. The Hall–Kier alpha value is -1.32. The van der Waals surface area contributed by atoms with E-state index in [1.54, 1.807) is 0 Å². The van der Waals surface area contributed by atoms with E-state index in [9.17, 15) is 0 Å². The Kier molecular flexibility index (Phi) is 4.28. The lowest BCUT2D eigenvalue weighted by Gasteiger charge is -2.27. The van der Waals surface area contributed by atoms with Crippen LogP contribution in [-0.4, -0.2) is 42.2 Å². The minimum atomic E-state index is 0.208. The lowest BCUT2D eigenvalue weighted by molar-refractivity contribution is 0.244. The molecule has 1 aromatic carbocycles. The van der Waals surface area contributed by atoms with Crippen LogP contribution in [0.1, 0.15) is 31.9 Å². The predicted octanol–water partition coefficient (Wildman–Crippen LogP) is 2.92. The molecular formula is C19H29N3. The van der Waals surface area contributed by atoms with E-state index in [2.05, 4.69) is 67.0 Å². The Morgan fingerprint density at radius 1 is 1.14 bits per heavy atom. The molecular weight excluding hydrogens is 270 g/mol. The lowest BCUT2D eigenvalue weighted by atomic mass is 9.86. The van der Waals surface area contributed by atoms with E-state index >= 15 is 0 Å². The maximum atomic E-state index is 3.42. The molecule has 22 heavy (non-hydrogen) atoms. The van der Waals surface area contributed by atoms with Gasteiger partial charge in [-0.15, -0.1) is 0 Å². The number of aryl methyl sites for hydroxylation is 1. The van der Waals surface area contributed by atoms with Crippen molar-refractivity contribution in [2.75, 3.05) is 32.7 Å². The second kappa shape index (κ2) is 6.05. The molecule has 1 N–H and O–H groups in total. The monoisotopic (exact) mass is 299 g/mol. The lowest BCUT2D eigenvalue weighted by Crippen LogP contribution is -2.44. The largest absolute Gasteiger partial charge is 0.350 e. The molecule has 2 aromatic rings. The van der Waals surface area contributed by atoms with E-state index < -0.39 is 0 Å². The molecule has 1 aromatic heterocycles. The number of fused-ring (bicyclic) bond motifs is 1. The Labute approximate surface area is 134 Å². The summed E-state index contributed by atoms with van der Waals surface area (Å²) in [6.45, 7) is 12.6. The maximum absolute atomic E-state index is 3.42. The Bertz CT molecular complexity index is 642. The number of benzene rings is 1. The second-order valence-electron chi connectivity index (χ2n) is 7.59. The highest BCUT2D eigenvalue weighted by atomic mass is 15.2. The van der Waals surface area contributed by atoms with Crippen LogP contribution >= 0.6 is 0 Å². The van der Waals surface area contributed by atoms with Gasteiger partial charge in [0.15, 0.2) is 0 Å². The van der Waals surface area contributed by atoms with Crippen LogP contribution in [0.15, 0.2) is 24.4 Å². The molecule has 1 fully saturated rings. The van der Waals surface area contributed by atoms with E-state index in [1.807, 2.05) is 0 Å². The van der Waals surface area contributed by atoms with Gasteiger partial charge < -0.3 is 14.8 Å². The van der Waals surface area contributed by atoms with Gasteiger partial charge in [-0.05, 0) is 35.1 Å². The molecule has 3 heteroatoms. The Balaban J connectivity index is 1.85. The summed E-state index contributed by atoms with van der Waals surface area (Å²) in [4.78, 5) is 2.57. The zero-order valence-corrected chi connectivity index (χ0v) is 14.4. The van der Waals surface area contributed by atoms with Crippen LogP contribution in [0, 0.1) is 0 Å². The minimum absolute atomic E-state index is 0.208. The van der Waals surface area contributed by atoms with Crippen LogP contribution in [0.4, 0.5) is 0 Å². The number of nitrogens with zero attached hydrogens (tertiary/aromatic N) is 2. The van der Waals surface area contributed by atoms with Crippen LogP contribution < -0.4 is 5.32 Å². The highest BCUT2D eigenvalue weighted by Crippen LogP contribution is 2.29. The predicted molar refractivity (Wildman–Crippen MR) is 94.6 cm³/mol. The highest BCUT2D eigenvalue weighted by Gasteiger charge is 2.17. The fraction of sp³-hybridized carbons (Fsp3) is 0.579. The zero-order valence-electron chi connectivity index (χ0n) is 14.4. The first-order valence-electron chi connectivity index (χ1n) is 8.47. The first-order chi connectivity index (χ1) is 10.4. The van der Waals surface area contributed by atoms with Gasteiger partial charge in [0.05, 0.1) is 0 Å². The molecule has 3 nitrogen and oxygen atoms in total. The fourth-order valence-corrected chi connectivity index (χ4v) is 3.35. The molecule has 120 valence electrons. The van der Waals surface area contributed by atoms with Crippen molar-refractivity contribution in [2.24, 2.45) is 7.05 Å². The molecule has 0 spiro atoms. The van der Waals surface area contributed by atoms with Gasteiger partial charge in [0, 0.05) is 56.9 Å². The van der Waals surface area contributed by atoms with Crippen LogP contribution in [0.25, 0.3) is 10.9 Å². The SMILES string of the molecule is Cn1cc(CCN2CCNCC2)c2cc(C(C)(C)C)ccc21. The number of rotatable bonds is 3. The van der Waals surface area contributed by atoms with Crippen LogP contribution in [-0.2, 0) is 18.9 Å². The van der Waals surface area contributed by atoms with Crippen molar-refractivity contribution < 1.29 is 0 Å². The number of aromatic nitrogens is 1. The van der Waals surface area contributed by atoms with Crippen molar-refractivity contribution in [3.63, 3.8) is 0 Å². The van der Waals surface area contributed by atoms with Gasteiger partial charge >= 0.3 is 0 Å². The van der Waals surface area contributed by atoms with Crippen molar-refractivity contribution in [1.29, 1.82) is 0 Å². The summed E-state index contributed by atoms with van der Waals surface area (Å²) < 4.78 is 2.27. The van der Waals surface area contributed by atoms with E-state index in [4.69, 9.17) is 0 Å². The third kappa shape index (κ3) is 3.21. The first kappa shape index (κ1) is 15.6. The third-order valence-electron chi connectivity index (χ3n) is 4.84. The molecule has 0 saturated carbocycles. The molecule has 1 saturated heterocycles. The molecule has 0 bridgehead atoms. The van der Waals surface area contributed by atoms with Crippen molar-refractivity contribution in [2.45, 2.75) is 32.6 Å². The zero-order chi connectivity index (χ0) is 15.7. The van der Waals surface area contributed by atoms with Gasteiger partial charge in [0.25, 0.3) is 0 Å². The molecule has 3 rings (SSSR count). The second-order valence-corrected chi connectivity index (χ2v) is 7.59. The van der Waals surface area contributed by atoms with Gasteiger partial charge in [-0.2, -0.15) is 0 Å². The van der Waals surface area contributed by atoms with Crippen LogP contribution in [0.5, 0.6) is 0 Å². The van der Waals surface area contributed by atoms with Gasteiger partial charge in [-0.3, -0.25) is 0 Å². The summed E-state index contributed by atoms with van der Waals surface area (Å²) in [6, 6.07) is 6.97. The molecule has 0 atom stereocenters. The van der Waals surface area contributed by atoms with Crippen LogP contribution in [0.3, 0.4) is 0 Å². The summed E-state index contributed by atoms with van der Waals surface area (Å²) in [5, 5.41) is 4.86. The fourth-order valence-electron chi connectivity index (χ4n) is 3.35. The van der Waals surface area contributed by atoms with Gasteiger partial charge in [-0.1, -0.05) is 26.8 Å². The van der Waals surface area contributed by atoms with E-state index in [1.165, 1.54) is 41.7 Å². The van der Waals surface area contributed by atoms with E-state index in [-0.39, 0.29) is 5.41 Å². The number of nitrogens with one attached hydrogen (secondary N) is 1. The molecule has 0 unspecified atom stereocenters. The molecule has 1 aliphatic rings. The van der Waals surface area contributed by atoms with Crippen molar-refractivity contribution in [3.05, 3.63) is 35.5 Å². The molecule has 0 aliphatic carbocycles. The molecule has 1 aliphatic heterocycles. The van der Waals surface area contributed by atoms with E-state index in [0.29, 0.717) is 0 Å². The topological polar surface area (TPSA) is 20.2 Å². The highest BCUT2D eigenvalue weighted by molar-refractivity contribution is 5.85. The van der Waals surface area contributed by atoms with E-state index in [0.717, 1.165) is 19.5 Å². The van der Waals surface area contributed by atoms with Crippen molar-refractivity contribution in [1.82, 2.24) is 14.8 Å². The number of piperazine rings is 1. The quantitative estimate of drug-likeness (QED) is 0.940. The molecule has 0 amide bonds. The smallest absolute Gasteiger partial charge is 0.0480 e. The normalized spacial score (nSPS) is 17.3. The average molecular weight is 299 g/mol. The van der Waals surface area contributed by atoms with Crippen molar-refractivity contribution in [3.8, 4) is 0 Å². The molecule has 0 radical (unpaired) electrons. The summed E-state index contributed by atoms with van der Waals surface area (Å²) in [7, 11) is 2.16. The number of hydrogen-bond acceptors (Lipinski definition) is 2.